The molecule has 0 unspecified atom stereocenters. The Bertz CT molecular complexity index is 618. The molecule has 1 amide bonds. The standard InChI is InChI=1S/C11H15Cl2N3O3S/c1-6(2)16-9(17)5-15-20(18,19)8-4-3-7(12)11(14)10(8)13/h3-4,6,15H,5,14H2,1-2H3,(H,16,17). The molecule has 1 aromatic rings. The lowest BCUT2D eigenvalue weighted by molar-refractivity contribution is -0.120. The van der Waals surface area contributed by atoms with E-state index in [0.29, 0.717) is 0 Å². The zero-order valence-electron chi connectivity index (χ0n) is 10.9. The first-order chi connectivity index (χ1) is 9.15. The number of nitrogen functional groups attached to an aromatic ring is 1. The van der Waals surface area contributed by atoms with Crippen molar-refractivity contribution < 1.29 is 13.2 Å². The molecule has 0 saturated heterocycles. The second-order valence-electron chi connectivity index (χ2n) is 4.32. The number of amides is 1. The third-order valence-electron chi connectivity index (χ3n) is 2.25. The van der Waals surface area contributed by atoms with Crippen LogP contribution in [-0.4, -0.2) is 26.9 Å². The number of hydrogen-bond acceptors (Lipinski definition) is 4. The van der Waals surface area contributed by atoms with Gasteiger partial charge in [-0.25, -0.2) is 13.1 Å². The first-order valence-electron chi connectivity index (χ1n) is 5.67. The van der Waals surface area contributed by atoms with Gasteiger partial charge in [0, 0.05) is 6.04 Å². The Morgan fingerprint density at radius 1 is 1.35 bits per heavy atom. The highest BCUT2D eigenvalue weighted by atomic mass is 35.5. The lowest BCUT2D eigenvalue weighted by Crippen LogP contribution is -2.39. The van der Waals surface area contributed by atoms with Gasteiger partial charge < -0.3 is 11.1 Å². The maximum absolute atomic E-state index is 12.0. The maximum atomic E-state index is 12.0. The molecular formula is C11H15Cl2N3O3S. The number of nitrogens with one attached hydrogen (secondary N) is 2. The molecule has 0 saturated carbocycles. The number of carbonyl (C=O) groups is 1. The molecule has 6 nitrogen and oxygen atoms in total. The third-order valence-corrected chi connectivity index (χ3v) is 4.55. The van der Waals surface area contributed by atoms with Crippen molar-refractivity contribution in [3.8, 4) is 0 Å². The fourth-order valence-electron chi connectivity index (χ4n) is 1.37. The third kappa shape index (κ3) is 4.24. The van der Waals surface area contributed by atoms with Crippen LogP contribution >= 0.6 is 23.2 Å². The van der Waals surface area contributed by atoms with Gasteiger partial charge in [-0.1, -0.05) is 23.2 Å². The van der Waals surface area contributed by atoms with Crippen LogP contribution in [0.4, 0.5) is 5.69 Å². The molecule has 0 bridgehead atoms. The highest BCUT2D eigenvalue weighted by molar-refractivity contribution is 7.89. The molecule has 112 valence electrons. The molecule has 20 heavy (non-hydrogen) atoms. The highest BCUT2D eigenvalue weighted by Gasteiger charge is 2.21. The molecule has 0 aliphatic carbocycles. The van der Waals surface area contributed by atoms with Crippen molar-refractivity contribution in [2.75, 3.05) is 12.3 Å². The average molecular weight is 340 g/mol. The van der Waals surface area contributed by atoms with E-state index in [4.69, 9.17) is 28.9 Å². The molecule has 1 rings (SSSR count). The summed E-state index contributed by atoms with van der Waals surface area (Å²) in [5.41, 5.74) is 5.54. The summed E-state index contributed by atoms with van der Waals surface area (Å²) in [6.07, 6.45) is 0. The number of sulfonamides is 1. The SMILES string of the molecule is CC(C)NC(=O)CNS(=O)(=O)c1ccc(Cl)c(N)c1Cl. The van der Waals surface area contributed by atoms with Gasteiger partial charge >= 0.3 is 0 Å². The van der Waals surface area contributed by atoms with Crippen molar-refractivity contribution in [2.24, 2.45) is 0 Å². The van der Waals surface area contributed by atoms with E-state index in [2.05, 4.69) is 10.0 Å². The number of hydrogen-bond donors (Lipinski definition) is 3. The van der Waals surface area contributed by atoms with E-state index in [9.17, 15) is 13.2 Å². The van der Waals surface area contributed by atoms with E-state index in [1.807, 2.05) is 0 Å². The van der Waals surface area contributed by atoms with Gasteiger partial charge in [0.2, 0.25) is 15.9 Å². The Labute approximate surface area is 127 Å². The minimum absolute atomic E-state index is 0.0251. The summed E-state index contributed by atoms with van der Waals surface area (Å²) in [4.78, 5) is 11.2. The van der Waals surface area contributed by atoms with Crippen LogP contribution in [0, 0.1) is 0 Å². The minimum Gasteiger partial charge on any atom is -0.396 e. The van der Waals surface area contributed by atoms with Gasteiger partial charge in [-0.15, -0.1) is 0 Å². The largest absolute Gasteiger partial charge is 0.396 e. The Hall–Kier alpha value is -1.02. The van der Waals surface area contributed by atoms with Gasteiger partial charge in [-0.2, -0.15) is 0 Å². The summed E-state index contributed by atoms with van der Waals surface area (Å²) in [6, 6.07) is 2.47. The summed E-state index contributed by atoms with van der Waals surface area (Å²) in [5, 5.41) is 2.54. The quantitative estimate of drug-likeness (QED) is 0.705. The Kier molecular flexibility index (Phi) is 5.64. The van der Waals surface area contributed by atoms with Crippen molar-refractivity contribution in [3.63, 3.8) is 0 Å². The Balaban J connectivity index is 2.90. The zero-order valence-corrected chi connectivity index (χ0v) is 13.2. The average Bonchev–Trinajstić information content (AvgIpc) is 2.32. The van der Waals surface area contributed by atoms with Gasteiger partial charge in [-0.3, -0.25) is 4.79 Å². The monoisotopic (exact) mass is 339 g/mol. The summed E-state index contributed by atoms with van der Waals surface area (Å²) >= 11 is 11.6. The van der Waals surface area contributed by atoms with E-state index in [-0.39, 0.29) is 33.2 Å². The molecule has 9 heteroatoms. The number of carbonyl (C=O) groups excluding carboxylic acids is 1. The fraction of sp³-hybridized carbons (Fsp3) is 0.364. The first-order valence-corrected chi connectivity index (χ1v) is 7.91. The topological polar surface area (TPSA) is 101 Å². The van der Waals surface area contributed by atoms with E-state index in [1.54, 1.807) is 13.8 Å². The second kappa shape index (κ2) is 6.62. The van der Waals surface area contributed by atoms with Crippen molar-refractivity contribution in [1.82, 2.24) is 10.0 Å². The number of rotatable bonds is 5. The molecule has 0 heterocycles. The van der Waals surface area contributed by atoms with Crippen molar-refractivity contribution in [1.29, 1.82) is 0 Å². The maximum Gasteiger partial charge on any atom is 0.242 e. The lowest BCUT2D eigenvalue weighted by Gasteiger charge is -2.12. The van der Waals surface area contributed by atoms with E-state index >= 15 is 0 Å². The molecule has 0 aliphatic rings. The van der Waals surface area contributed by atoms with Crippen LogP contribution in [0.25, 0.3) is 0 Å². The number of nitrogens with two attached hydrogens (primary N) is 1. The molecule has 0 fully saturated rings. The van der Waals surface area contributed by atoms with Crippen LogP contribution in [0.5, 0.6) is 0 Å². The number of benzene rings is 1. The summed E-state index contributed by atoms with van der Waals surface area (Å²) in [6.45, 7) is 3.14. The summed E-state index contributed by atoms with van der Waals surface area (Å²) in [7, 11) is -3.94. The highest BCUT2D eigenvalue weighted by Crippen LogP contribution is 2.32. The van der Waals surface area contributed by atoms with Crippen LogP contribution in [-0.2, 0) is 14.8 Å². The van der Waals surface area contributed by atoms with Crippen LogP contribution in [0.1, 0.15) is 13.8 Å². The van der Waals surface area contributed by atoms with E-state index in [1.165, 1.54) is 12.1 Å². The van der Waals surface area contributed by atoms with Crippen molar-refractivity contribution >= 4 is 44.8 Å². The van der Waals surface area contributed by atoms with E-state index in [0.717, 1.165) is 0 Å². The predicted molar refractivity (Wildman–Crippen MR) is 79.3 cm³/mol. The van der Waals surface area contributed by atoms with Gasteiger partial charge in [0.1, 0.15) is 4.90 Å². The number of anilines is 1. The van der Waals surface area contributed by atoms with E-state index < -0.39 is 15.9 Å². The van der Waals surface area contributed by atoms with Gasteiger partial charge in [0.25, 0.3) is 0 Å². The molecular weight excluding hydrogens is 325 g/mol. The van der Waals surface area contributed by atoms with Gasteiger partial charge in [0.15, 0.2) is 0 Å². The fourth-order valence-corrected chi connectivity index (χ4v) is 3.11. The molecule has 4 N–H and O–H groups in total. The first kappa shape index (κ1) is 17.0. The molecule has 0 spiro atoms. The molecule has 0 aliphatic heterocycles. The smallest absolute Gasteiger partial charge is 0.242 e. The second-order valence-corrected chi connectivity index (χ2v) is 6.84. The van der Waals surface area contributed by atoms with Crippen LogP contribution < -0.4 is 15.8 Å². The summed E-state index contributed by atoms with van der Waals surface area (Å²) < 4.78 is 26.2. The van der Waals surface area contributed by atoms with Gasteiger partial charge in [-0.05, 0) is 26.0 Å². The van der Waals surface area contributed by atoms with Crippen LogP contribution in [0.3, 0.4) is 0 Å². The molecule has 0 radical (unpaired) electrons. The summed E-state index contributed by atoms with van der Waals surface area (Å²) in [5.74, 6) is -0.443. The normalized spacial score (nSPS) is 11.7. The Morgan fingerprint density at radius 3 is 2.50 bits per heavy atom. The molecule has 1 aromatic carbocycles. The van der Waals surface area contributed by atoms with Gasteiger partial charge in [0.05, 0.1) is 22.3 Å². The Morgan fingerprint density at radius 2 is 1.95 bits per heavy atom. The van der Waals surface area contributed by atoms with Crippen molar-refractivity contribution in [3.05, 3.63) is 22.2 Å². The molecule has 0 aromatic heterocycles. The van der Waals surface area contributed by atoms with Crippen LogP contribution in [0.2, 0.25) is 10.0 Å². The lowest BCUT2D eigenvalue weighted by atomic mass is 10.3. The zero-order chi connectivity index (χ0) is 15.5. The minimum atomic E-state index is -3.94. The molecule has 0 atom stereocenters. The number of halogens is 2. The predicted octanol–water partition coefficient (Wildman–Crippen LogP) is 1.38. The van der Waals surface area contributed by atoms with Crippen molar-refractivity contribution in [2.45, 2.75) is 24.8 Å². The van der Waals surface area contributed by atoms with Crippen LogP contribution in [0.15, 0.2) is 17.0 Å².